The van der Waals surface area contributed by atoms with Crippen LogP contribution < -0.4 is 10.1 Å². The SMILES string of the molecule is CC(C)c1ccccc1OCCn1c(CCCNC(=O)c2ccc(F)cc2)nc2ccccc21. The number of imidazole rings is 1. The number of hydrogen-bond donors (Lipinski definition) is 1. The van der Waals surface area contributed by atoms with Crippen LogP contribution in [0.1, 0.15) is 47.9 Å². The molecule has 0 bridgehead atoms. The lowest BCUT2D eigenvalue weighted by Crippen LogP contribution is -2.25. The van der Waals surface area contributed by atoms with E-state index in [1.165, 1.54) is 29.8 Å². The van der Waals surface area contributed by atoms with Crippen LogP contribution in [0.15, 0.2) is 72.8 Å². The van der Waals surface area contributed by atoms with Crippen LogP contribution >= 0.6 is 0 Å². The van der Waals surface area contributed by atoms with Crippen LogP contribution in [0, 0.1) is 5.82 Å². The minimum atomic E-state index is -0.355. The summed E-state index contributed by atoms with van der Waals surface area (Å²) in [7, 11) is 0. The van der Waals surface area contributed by atoms with Crippen molar-refractivity contribution in [1.29, 1.82) is 0 Å². The Bertz CT molecular complexity index is 1250. The first-order chi connectivity index (χ1) is 16.5. The molecule has 0 spiro atoms. The second-order valence-electron chi connectivity index (χ2n) is 8.58. The van der Waals surface area contributed by atoms with Gasteiger partial charge in [0.05, 0.1) is 17.6 Å². The van der Waals surface area contributed by atoms with E-state index in [1.807, 2.05) is 36.4 Å². The summed E-state index contributed by atoms with van der Waals surface area (Å²) in [5.41, 5.74) is 3.69. The summed E-state index contributed by atoms with van der Waals surface area (Å²) in [6.45, 7) is 6.07. The molecule has 4 rings (SSSR count). The van der Waals surface area contributed by atoms with Gasteiger partial charge in [0.15, 0.2) is 0 Å². The van der Waals surface area contributed by atoms with E-state index in [9.17, 15) is 9.18 Å². The molecule has 1 amide bonds. The van der Waals surface area contributed by atoms with Crippen molar-refractivity contribution < 1.29 is 13.9 Å². The monoisotopic (exact) mass is 459 g/mol. The lowest BCUT2D eigenvalue weighted by Gasteiger charge is -2.15. The number of nitrogens with one attached hydrogen (secondary N) is 1. The molecule has 1 aromatic heterocycles. The van der Waals surface area contributed by atoms with E-state index in [0.29, 0.717) is 31.2 Å². The highest BCUT2D eigenvalue weighted by Crippen LogP contribution is 2.26. The number of ether oxygens (including phenoxy) is 1. The summed E-state index contributed by atoms with van der Waals surface area (Å²) in [4.78, 5) is 17.1. The van der Waals surface area contributed by atoms with Crippen molar-refractivity contribution >= 4 is 16.9 Å². The van der Waals surface area contributed by atoms with Crippen LogP contribution in [0.3, 0.4) is 0 Å². The molecule has 0 saturated carbocycles. The van der Waals surface area contributed by atoms with Crippen LogP contribution in [-0.4, -0.2) is 28.6 Å². The smallest absolute Gasteiger partial charge is 0.251 e. The molecule has 0 unspecified atom stereocenters. The molecule has 4 aromatic rings. The normalized spacial score (nSPS) is 11.2. The number of halogens is 1. The molecular weight excluding hydrogens is 429 g/mol. The number of carbonyl (C=O) groups is 1. The Hall–Kier alpha value is -3.67. The highest BCUT2D eigenvalue weighted by molar-refractivity contribution is 5.94. The number of benzene rings is 3. The van der Waals surface area contributed by atoms with Gasteiger partial charge in [-0.15, -0.1) is 0 Å². The maximum Gasteiger partial charge on any atom is 0.251 e. The first-order valence-corrected chi connectivity index (χ1v) is 11.7. The van der Waals surface area contributed by atoms with E-state index in [-0.39, 0.29) is 11.7 Å². The Labute approximate surface area is 199 Å². The molecule has 0 radical (unpaired) electrons. The minimum absolute atomic E-state index is 0.203. The summed E-state index contributed by atoms with van der Waals surface area (Å²) in [5.74, 6) is 1.73. The molecule has 5 nitrogen and oxygen atoms in total. The van der Waals surface area contributed by atoms with Crippen molar-refractivity contribution in [3.8, 4) is 5.75 Å². The van der Waals surface area contributed by atoms with Gasteiger partial charge in [-0.3, -0.25) is 4.79 Å². The number of nitrogens with zero attached hydrogens (tertiary/aromatic N) is 2. The topological polar surface area (TPSA) is 56.1 Å². The van der Waals surface area contributed by atoms with Crippen molar-refractivity contribution in [1.82, 2.24) is 14.9 Å². The third kappa shape index (κ3) is 5.63. The van der Waals surface area contributed by atoms with Gasteiger partial charge in [-0.1, -0.05) is 44.2 Å². The molecule has 34 heavy (non-hydrogen) atoms. The number of aryl methyl sites for hydroxylation is 1. The molecule has 0 aliphatic heterocycles. The summed E-state index contributed by atoms with van der Waals surface area (Å²) < 4.78 is 21.4. The standard InChI is InChI=1S/C28H30FN3O2/c1-20(2)23-8-3-6-11-26(23)34-19-18-32-25-10-5-4-9-24(25)31-27(32)12-7-17-30-28(33)21-13-15-22(29)16-14-21/h3-6,8-11,13-16,20H,7,12,17-19H2,1-2H3,(H,30,33). The van der Waals surface area contributed by atoms with E-state index >= 15 is 0 Å². The van der Waals surface area contributed by atoms with E-state index in [4.69, 9.17) is 9.72 Å². The van der Waals surface area contributed by atoms with Gasteiger partial charge in [-0.25, -0.2) is 9.37 Å². The average Bonchev–Trinajstić information content (AvgIpc) is 3.19. The van der Waals surface area contributed by atoms with Crippen molar-refractivity contribution in [2.24, 2.45) is 0 Å². The summed E-state index contributed by atoms with van der Waals surface area (Å²) in [5, 5.41) is 2.90. The van der Waals surface area contributed by atoms with Gasteiger partial charge < -0.3 is 14.6 Å². The molecule has 176 valence electrons. The average molecular weight is 460 g/mol. The first-order valence-electron chi connectivity index (χ1n) is 11.7. The van der Waals surface area contributed by atoms with E-state index in [0.717, 1.165) is 35.4 Å². The zero-order chi connectivity index (χ0) is 23.9. The fourth-order valence-corrected chi connectivity index (χ4v) is 4.05. The number of para-hydroxylation sites is 3. The van der Waals surface area contributed by atoms with E-state index in [1.54, 1.807) is 0 Å². The van der Waals surface area contributed by atoms with Gasteiger partial charge in [0.25, 0.3) is 5.91 Å². The van der Waals surface area contributed by atoms with Crippen LogP contribution in [0.25, 0.3) is 11.0 Å². The maximum absolute atomic E-state index is 13.1. The number of hydrogen-bond acceptors (Lipinski definition) is 3. The molecule has 0 saturated heterocycles. The fourth-order valence-electron chi connectivity index (χ4n) is 4.05. The second kappa shape index (κ2) is 11.0. The second-order valence-corrected chi connectivity index (χ2v) is 8.58. The summed E-state index contributed by atoms with van der Waals surface area (Å²) >= 11 is 0. The van der Waals surface area contributed by atoms with Gasteiger partial charge in [-0.05, 0) is 60.4 Å². The third-order valence-corrected chi connectivity index (χ3v) is 5.82. The van der Waals surface area contributed by atoms with Crippen LogP contribution in [0.2, 0.25) is 0 Å². The van der Waals surface area contributed by atoms with Gasteiger partial charge in [0.1, 0.15) is 24.0 Å². The molecule has 3 aromatic carbocycles. The lowest BCUT2D eigenvalue weighted by atomic mass is 10.0. The summed E-state index contributed by atoms with van der Waals surface area (Å²) in [6.07, 6.45) is 1.47. The van der Waals surface area contributed by atoms with Crippen LogP contribution in [-0.2, 0) is 13.0 Å². The highest BCUT2D eigenvalue weighted by Gasteiger charge is 2.12. The third-order valence-electron chi connectivity index (χ3n) is 5.82. The van der Waals surface area contributed by atoms with Gasteiger partial charge in [0.2, 0.25) is 0 Å². The van der Waals surface area contributed by atoms with Crippen molar-refractivity contribution in [3.05, 3.63) is 95.6 Å². The molecule has 0 aliphatic rings. The van der Waals surface area contributed by atoms with Gasteiger partial charge in [-0.2, -0.15) is 0 Å². The fraction of sp³-hybridized carbons (Fsp3) is 0.286. The zero-order valence-corrected chi connectivity index (χ0v) is 19.6. The molecular formula is C28H30FN3O2. The Morgan fingerprint density at radius 2 is 1.76 bits per heavy atom. The number of aromatic nitrogens is 2. The van der Waals surface area contributed by atoms with Crippen molar-refractivity contribution in [3.63, 3.8) is 0 Å². The molecule has 0 fully saturated rings. The van der Waals surface area contributed by atoms with Crippen molar-refractivity contribution in [2.75, 3.05) is 13.2 Å². The van der Waals surface area contributed by atoms with E-state index < -0.39 is 0 Å². The molecule has 0 aliphatic carbocycles. The molecule has 1 N–H and O–H groups in total. The summed E-state index contributed by atoms with van der Waals surface area (Å²) in [6, 6.07) is 21.8. The number of rotatable bonds is 10. The number of fused-ring (bicyclic) bond motifs is 1. The molecule has 0 atom stereocenters. The van der Waals surface area contributed by atoms with Crippen molar-refractivity contribution in [2.45, 2.75) is 39.2 Å². The van der Waals surface area contributed by atoms with Gasteiger partial charge in [0, 0.05) is 18.5 Å². The zero-order valence-electron chi connectivity index (χ0n) is 19.6. The molecule has 1 heterocycles. The first kappa shape index (κ1) is 23.5. The van der Waals surface area contributed by atoms with E-state index in [2.05, 4.69) is 35.9 Å². The Kier molecular flexibility index (Phi) is 7.58. The number of carbonyl (C=O) groups excluding carboxylic acids is 1. The minimum Gasteiger partial charge on any atom is -0.491 e. The van der Waals surface area contributed by atoms with Crippen LogP contribution in [0.4, 0.5) is 4.39 Å². The van der Waals surface area contributed by atoms with Gasteiger partial charge >= 0.3 is 0 Å². The van der Waals surface area contributed by atoms with Crippen LogP contribution in [0.5, 0.6) is 5.75 Å². The predicted molar refractivity (Wildman–Crippen MR) is 133 cm³/mol. The Balaban J connectivity index is 1.38. The lowest BCUT2D eigenvalue weighted by molar-refractivity contribution is 0.0953. The Morgan fingerprint density at radius 1 is 1.03 bits per heavy atom. The quantitative estimate of drug-likeness (QED) is 0.308. The largest absolute Gasteiger partial charge is 0.491 e. The maximum atomic E-state index is 13.1. The highest BCUT2D eigenvalue weighted by atomic mass is 19.1. The predicted octanol–water partition coefficient (Wildman–Crippen LogP) is 5.74. The number of amides is 1. The molecule has 6 heteroatoms. The Morgan fingerprint density at radius 3 is 2.56 bits per heavy atom.